The first-order chi connectivity index (χ1) is 8.54. The fourth-order valence-corrected chi connectivity index (χ4v) is 2.17. The molecule has 4 nitrogen and oxygen atoms in total. The lowest BCUT2D eigenvalue weighted by Crippen LogP contribution is -2.22. The molecule has 4 heteroatoms. The molecule has 1 aromatic heterocycles. The quantitative estimate of drug-likeness (QED) is 0.896. The molecule has 1 heterocycles. The molecule has 0 aliphatic carbocycles. The molecule has 1 atom stereocenters. The molecule has 18 heavy (non-hydrogen) atoms. The van der Waals surface area contributed by atoms with Crippen LogP contribution < -0.4 is 5.73 Å². The fourth-order valence-electron chi connectivity index (χ4n) is 2.17. The molecule has 0 bridgehead atoms. The molecular weight excluding hydrogens is 224 g/mol. The van der Waals surface area contributed by atoms with Crippen molar-refractivity contribution in [1.82, 2.24) is 14.5 Å². The number of rotatable bonds is 4. The normalized spacial score (nSPS) is 13.4. The number of fused-ring (bicyclic) bond motifs is 1. The van der Waals surface area contributed by atoms with E-state index in [0.717, 1.165) is 17.9 Å². The SMILES string of the molecule is Cc1ccc2c(c1)nc(C(C)N(C)C)n2CCN. The Balaban J connectivity index is 2.60. The largest absolute Gasteiger partial charge is 0.329 e. The number of nitrogens with two attached hydrogens (primary N) is 1. The van der Waals surface area contributed by atoms with Crippen LogP contribution in [-0.4, -0.2) is 35.1 Å². The predicted molar refractivity (Wildman–Crippen MR) is 75.6 cm³/mol. The highest BCUT2D eigenvalue weighted by Gasteiger charge is 2.17. The molecule has 2 aromatic rings. The summed E-state index contributed by atoms with van der Waals surface area (Å²) in [6.07, 6.45) is 0. The zero-order chi connectivity index (χ0) is 13.3. The van der Waals surface area contributed by atoms with Gasteiger partial charge in [0, 0.05) is 13.1 Å². The van der Waals surface area contributed by atoms with E-state index in [4.69, 9.17) is 10.7 Å². The fraction of sp³-hybridized carbons (Fsp3) is 0.500. The van der Waals surface area contributed by atoms with Crippen molar-refractivity contribution in [2.45, 2.75) is 26.4 Å². The van der Waals surface area contributed by atoms with E-state index < -0.39 is 0 Å². The lowest BCUT2D eigenvalue weighted by atomic mass is 10.2. The van der Waals surface area contributed by atoms with Gasteiger partial charge in [-0.05, 0) is 45.6 Å². The third-order valence-corrected chi connectivity index (χ3v) is 3.43. The van der Waals surface area contributed by atoms with Gasteiger partial charge in [0.2, 0.25) is 0 Å². The van der Waals surface area contributed by atoms with Crippen molar-refractivity contribution < 1.29 is 0 Å². The summed E-state index contributed by atoms with van der Waals surface area (Å²) < 4.78 is 2.24. The van der Waals surface area contributed by atoms with Gasteiger partial charge in [0.05, 0.1) is 17.1 Å². The maximum Gasteiger partial charge on any atom is 0.127 e. The van der Waals surface area contributed by atoms with E-state index in [9.17, 15) is 0 Å². The second kappa shape index (κ2) is 5.08. The average molecular weight is 246 g/mol. The van der Waals surface area contributed by atoms with Crippen LogP contribution in [0, 0.1) is 6.92 Å². The zero-order valence-corrected chi connectivity index (χ0v) is 11.6. The van der Waals surface area contributed by atoms with Crippen LogP contribution in [-0.2, 0) is 6.54 Å². The molecule has 1 aromatic carbocycles. The molecule has 0 spiro atoms. The van der Waals surface area contributed by atoms with Crippen LogP contribution in [0.1, 0.15) is 24.4 Å². The van der Waals surface area contributed by atoms with Crippen molar-refractivity contribution in [3.63, 3.8) is 0 Å². The third-order valence-electron chi connectivity index (χ3n) is 3.43. The van der Waals surface area contributed by atoms with Crippen LogP contribution in [0.4, 0.5) is 0 Å². The van der Waals surface area contributed by atoms with Gasteiger partial charge in [-0.3, -0.25) is 4.90 Å². The first-order valence-corrected chi connectivity index (χ1v) is 6.38. The van der Waals surface area contributed by atoms with Gasteiger partial charge in [-0.1, -0.05) is 6.07 Å². The number of aryl methyl sites for hydroxylation is 1. The van der Waals surface area contributed by atoms with E-state index in [0.29, 0.717) is 6.54 Å². The standard InChI is InChI=1S/C14H22N4/c1-10-5-6-13-12(9-10)16-14(11(2)17(3)4)18(13)8-7-15/h5-6,9,11H,7-8,15H2,1-4H3. The van der Waals surface area contributed by atoms with Gasteiger partial charge in [-0.25, -0.2) is 4.98 Å². The molecule has 2 rings (SSSR count). The van der Waals surface area contributed by atoms with Crippen molar-refractivity contribution in [3.05, 3.63) is 29.6 Å². The van der Waals surface area contributed by atoms with Crippen molar-refractivity contribution in [3.8, 4) is 0 Å². The van der Waals surface area contributed by atoms with Crippen LogP contribution in [0.25, 0.3) is 11.0 Å². The maximum absolute atomic E-state index is 5.72. The predicted octanol–water partition coefficient (Wildman–Crippen LogP) is 1.93. The number of hydrogen-bond acceptors (Lipinski definition) is 3. The van der Waals surface area contributed by atoms with Crippen molar-refractivity contribution >= 4 is 11.0 Å². The van der Waals surface area contributed by atoms with Gasteiger partial charge in [0.1, 0.15) is 5.82 Å². The molecule has 0 amide bonds. The second-order valence-corrected chi connectivity index (χ2v) is 5.04. The van der Waals surface area contributed by atoms with E-state index in [1.54, 1.807) is 0 Å². The summed E-state index contributed by atoms with van der Waals surface area (Å²) in [5, 5.41) is 0. The van der Waals surface area contributed by atoms with Gasteiger partial charge in [-0.2, -0.15) is 0 Å². The Morgan fingerprint density at radius 3 is 2.72 bits per heavy atom. The number of nitrogens with zero attached hydrogens (tertiary/aromatic N) is 3. The second-order valence-electron chi connectivity index (χ2n) is 5.04. The summed E-state index contributed by atoms with van der Waals surface area (Å²) in [5.74, 6) is 1.09. The van der Waals surface area contributed by atoms with Gasteiger partial charge in [0.25, 0.3) is 0 Å². The summed E-state index contributed by atoms with van der Waals surface area (Å²) in [6.45, 7) is 5.71. The summed E-state index contributed by atoms with van der Waals surface area (Å²) in [6, 6.07) is 6.68. The van der Waals surface area contributed by atoms with E-state index in [1.807, 2.05) is 0 Å². The van der Waals surface area contributed by atoms with E-state index >= 15 is 0 Å². The van der Waals surface area contributed by atoms with E-state index in [2.05, 4.69) is 55.6 Å². The minimum absolute atomic E-state index is 0.282. The average Bonchev–Trinajstić information content (AvgIpc) is 2.66. The lowest BCUT2D eigenvalue weighted by molar-refractivity contribution is 0.302. The Labute approximate surface area is 108 Å². The molecule has 2 N–H and O–H groups in total. The van der Waals surface area contributed by atoms with Crippen molar-refractivity contribution in [2.75, 3.05) is 20.6 Å². The van der Waals surface area contributed by atoms with Crippen molar-refractivity contribution in [2.24, 2.45) is 5.73 Å². The first-order valence-electron chi connectivity index (χ1n) is 6.38. The molecule has 0 saturated heterocycles. The Kier molecular flexibility index (Phi) is 3.68. The minimum Gasteiger partial charge on any atom is -0.329 e. The van der Waals surface area contributed by atoms with Crippen LogP contribution in [0.15, 0.2) is 18.2 Å². The minimum atomic E-state index is 0.282. The van der Waals surface area contributed by atoms with E-state index in [1.165, 1.54) is 11.1 Å². The summed E-state index contributed by atoms with van der Waals surface area (Å²) in [7, 11) is 4.14. The number of benzene rings is 1. The highest BCUT2D eigenvalue weighted by molar-refractivity contribution is 5.77. The Hall–Kier alpha value is -1.39. The molecule has 0 saturated carbocycles. The molecule has 0 aliphatic heterocycles. The molecule has 0 radical (unpaired) electrons. The summed E-state index contributed by atoms with van der Waals surface area (Å²) in [4.78, 5) is 6.95. The summed E-state index contributed by atoms with van der Waals surface area (Å²) >= 11 is 0. The smallest absolute Gasteiger partial charge is 0.127 e. The zero-order valence-electron chi connectivity index (χ0n) is 11.6. The topological polar surface area (TPSA) is 47.1 Å². The first kappa shape index (κ1) is 13.1. The van der Waals surface area contributed by atoms with Gasteiger partial charge < -0.3 is 10.3 Å². The van der Waals surface area contributed by atoms with Crippen LogP contribution >= 0.6 is 0 Å². The van der Waals surface area contributed by atoms with Gasteiger partial charge in [-0.15, -0.1) is 0 Å². The maximum atomic E-state index is 5.72. The Morgan fingerprint density at radius 1 is 1.39 bits per heavy atom. The molecular formula is C14H22N4. The Bertz CT molecular complexity index is 542. The highest BCUT2D eigenvalue weighted by atomic mass is 15.2. The molecule has 0 aliphatic rings. The number of imidazole rings is 1. The lowest BCUT2D eigenvalue weighted by Gasteiger charge is -2.20. The molecule has 0 fully saturated rings. The number of hydrogen-bond donors (Lipinski definition) is 1. The molecule has 1 unspecified atom stereocenters. The highest BCUT2D eigenvalue weighted by Crippen LogP contribution is 2.23. The summed E-state index contributed by atoms with van der Waals surface area (Å²) in [5.41, 5.74) is 9.20. The van der Waals surface area contributed by atoms with E-state index in [-0.39, 0.29) is 6.04 Å². The van der Waals surface area contributed by atoms with Crippen LogP contribution in [0.2, 0.25) is 0 Å². The third kappa shape index (κ3) is 2.26. The van der Waals surface area contributed by atoms with Crippen LogP contribution in [0.5, 0.6) is 0 Å². The van der Waals surface area contributed by atoms with Crippen LogP contribution in [0.3, 0.4) is 0 Å². The molecule has 98 valence electrons. The monoisotopic (exact) mass is 246 g/mol. The van der Waals surface area contributed by atoms with Gasteiger partial charge in [0.15, 0.2) is 0 Å². The Morgan fingerprint density at radius 2 is 2.11 bits per heavy atom. The van der Waals surface area contributed by atoms with Crippen molar-refractivity contribution in [1.29, 1.82) is 0 Å². The number of aromatic nitrogens is 2. The van der Waals surface area contributed by atoms with Gasteiger partial charge >= 0.3 is 0 Å².